The number of hydrogen-bond acceptors (Lipinski definition) is 1. The van der Waals surface area contributed by atoms with E-state index in [0.717, 1.165) is 17.9 Å². The quantitative estimate of drug-likeness (QED) is 0.609. The number of halogens is 3. The third kappa shape index (κ3) is 6.25. The maximum Gasteiger partial charge on any atom is 0.417 e. The average Bonchev–Trinajstić information content (AvgIpc) is 2.50. The minimum Gasteiger partial charge on any atom is -0.192 e. The fourth-order valence-electron chi connectivity index (χ4n) is 3.18. The van der Waals surface area contributed by atoms with E-state index < -0.39 is 11.7 Å². The summed E-state index contributed by atoms with van der Waals surface area (Å²) in [6.07, 6.45) is 4.39. The number of aryl methyl sites for hydroxylation is 1. The van der Waals surface area contributed by atoms with Gasteiger partial charge >= 0.3 is 6.18 Å². The first kappa shape index (κ1) is 19.5. The number of rotatable bonds is 2. The maximum absolute atomic E-state index is 12.3. The van der Waals surface area contributed by atoms with Crippen molar-refractivity contribution in [3.8, 4) is 6.07 Å². The first-order valence-corrected chi connectivity index (χ1v) is 8.37. The van der Waals surface area contributed by atoms with E-state index in [-0.39, 0.29) is 5.56 Å². The van der Waals surface area contributed by atoms with Gasteiger partial charge in [0, 0.05) is 0 Å². The fraction of sp³-hybridized carbons (Fsp3) is 0.632. The van der Waals surface area contributed by atoms with Gasteiger partial charge < -0.3 is 0 Å². The van der Waals surface area contributed by atoms with Crippen molar-refractivity contribution in [3.05, 3.63) is 34.9 Å². The molecule has 0 saturated heterocycles. The Bertz CT molecular complexity index is 526. The molecule has 0 aliphatic heterocycles. The highest BCUT2D eigenvalue weighted by atomic mass is 19.4. The highest BCUT2D eigenvalue weighted by Crippen LogP contribution is 2.33. The highest BCUT2D eigenvalue weighted by molar-refractivity contribution is 5.41. The molecule has 0 aromatic heterocycles. The molecule has 1 unspecified atom stereocenters. The van der Waals surface area contributed by atoms with Crippen molar-refractivity contribution in [1.82, 2.24) is 0 Å². The molecule has 1 aliphatic rings. The van der Waals surface area contributed by atoms with Crippen LogP contribution >= 0.6 is 0 Å². The molecule has 0 spiro atoms. The summed E-state index contributed by atoms with van der Waals surface area (Å²) in [5.74, 6) is 2.09. The van der Waals surface area contributed by atoms with Gasteiger partial charge in [-0.3, -0.25) is 0 Å². The lowest BCUT2D eigenvalue weighted by atomic mass is 9.78. The van der Waals surface area contributed by atoms with Crippen LogP contribution in [0.15, 0.2) is 18.2 Å². The molecule has 2 atom stereocenters. The van der Waals surface area contributed by atoms with Crippen LogP contribution in [0.1, 0.15) is 69.1 Å². The minimum atomic E-state index is -4.45. The van der Waals surface area contributed by atoms with E-state index in [1.54, 1.807) is 6.92 Å². The second-order valence-corrected chi connectivity index (χ2v) is 6.47. The van der Waals surface area contributed by atoms with Crippen LogP contribution in [0.3, 0.4) is 0 Å². The van der Waals surface area contributed by atoms with Crippen molar-refractivity contribution in [2.75, 3.05) is 0 Å². The Morgan fingerprint density at radius 1 is 1.22 bits per heavy atom. The first-order valence-electron chi connectivity index (χ1n) is 8.37. The summed E-state index contributed by atoms with van der Waals surface area (Å²) < 4.78 is 36.8. The van der Waals surface area contributed by atoms with Crippen molar-refractivity contribution in [2.45, 2.75) is 65.5 Å². The molecule has 4 heteroatoms. The highest BCUT2D eigenvalue weighted by Gasteiger charge is 2.33. The molecular formula is C19H26F3N. The molecule has 0 N–H and O–H groups in total. The largest absolute Gasteiger partial charge is 0.417 e. The fourth-order valence-corrected chi connectivity index (χ4v) is 3.18. The van der Waals surface area contributed by atoms with Gasteiger partial charge in [-0.15, -0.1) is 0 Å². The Balaban J connectivity index is 0.000000238. The van der Waals surface area contributed by atoms with Crippen LogP contribution in [0.2, 0.25) is 0 Å². The third-order valence-electron chi connectivity index (χ3n) is 4.55. The molecule has 0 radical (unpaired) electrons. The average molecular weight is 325 g/mol. The maximum atomic E-state index is 12.3. The van der Waals surface area contributed by atoms with E-state index in [1.165, 1.54) is 56.7 Å². The zero-order chi connectivity index (χ0) is 17.5. The Hall–Kier alpha value is -1.50. The molecule has 23 heavy (non-hydrogen) atoms. The summed E-state index contributed by atoms with van der Waals surface area (Å²) in [5, 5.41) is 8.42. The van der Waals surface area contributed by atoms with Crippen LogP contribution in [0.25, 0.3) is 0 Å². The minimum absolute atomic E-state index is 0.335. The van der Waals surface area contributed by atoms with Gasteiger partial charge in [0.05, 0.1) is 17.2 Å². The standard InChI is InChI=1S/C10H20.C9H6F3N/c1-3-6-10-8-5-4-7-9(10)2;1-6-2-3-7(5-13)8(4-6)9(10,11)12/h9-10H,3-8H2,1-2H3;2-4H,1H3/t9-,10?;/m1./s1. The van der Waals surface area contributed by atoms with E-state index in [0.29, 0.717) is 5.56 Å². The van der Waals surface area contributed by atoms with Gasteiger partial charge in [0.2, 0.25) is 0 Å². The first-order chi connectivity index (χ1) is 10.8. The number of hydrogen-bond donors (Lipinski definition) is 0. The molecule has 1 fully saturated rings. The molecule has 1 aromatic carbocycles. The monoisotopic (exact) mass is 325 g/mol. The van der Waals surface area contributed by atoms with Gasteiger partial charge in [-0.05, 0) is 30.9 Å². The summed E-state index contributed by atoms with van der Waals surface area (Å²) in [6.45, 7) is 6.29. The number of alkyl halides is 3. The normalized spacial score (nSPS) is 21.1. The second kappa shape index (κ2) is 8.96. The van der Waals surface area contributed by atoms with Crippen molar-refractivity contribution in [1.29, 1.82) is 5.26 Å². The zero-order valence-electron chi connectivity index (χ0n) is 14.2. The lowest BCUT2D eigenvalue weighted by Crippen LogP contribution is -2.15. The lowest BCUT2D eigenvalue weighted by Gasteiger charge is -2.28. The van der Waals surface area contributed by atoms with Crippen molar-refractivity contribution in [2.24, 2.45) is 11.8 Å². The van der Waals surface area contributed by atoms with Crippen LogP contribution in [-0.4, -0.2) is 0 Å². The van der Waals surface area contributed by atoms with Crippen molar-refractivity contribution in [3.63, 3.8) is 0 Å². The van der Waals surface area contributed by atoms with Crippen molar-refractivity contribution >= 4 is 0 Å². The molecule has 1 nitrogen and oxygen atoms in total. The smallest absolute Gasteiger partial charge is 0.192 e. The van der Waals surface area contributed by atoms with Gasteiger partial charge in [0.15, 0.2) is 0 Å². The van der Waals surface area contributed by atoms with Crippen LogP contribution in [0.5, 0.6) is 0 Å². The number of nitriles is 1. The van der Waals surface area contributed by atoms with E-state index >= 15 is 0 Å². The molecule has 1 saturated carbocycles. The van der Waals surface area contributed by atoms with Gasteiger partial charge in [-0.25, -0.2) is 0 Å². The molecule has 0 heterocycles. The van der Waals surface area contributed by atoms with Crippen molar-refractivity contribution < 1.29 is 13.2 Å². The number of benzene rings is 1. The molecular weight excluding hydrogens is 299 g/mol. The molecule has 1 aliphatic carbocycles. The van der Waals surface area contributed by atoms with E-state index in [1.807, 2.05) is 0 Å². The second-order valence-electron chi connectivity index (χ2n) is 6.47. The summed E-state index contributed by atoms with van der Waals surface area (Å²) >= 11 is 0. The predicted octanol–water partition coefficient (Wildman–Crippen LogP) is 6.50. The van der Waals surface area contributed by atoms with E-state index in [9.17, 15) is 13.2 Å². The third-order valence-corrected chi connectivity index (χ3v) is 4.55. The molecule has 0 bridgehead atoms. The molecule has 2 rings (SSSR count). The Kier molecular flexibility index (Phi) is 7.61. The van der Waals surface area contributed by atoms with Crippen LogP contribution in [0.4, 0.5) is 13.2 Å². The molecule has 1 aromatic rings. The van der Waals surface area contributed by atoms with E-state index in [2.05, 4.69) is 13.8 Å². The number of nitrogens with zero attached hydrogens (tertiary/aromatic N) is 1. The zero-order valence-corrected chi connectivity index (χ0v) is 14.2. The predicted molar refractivity (Wildman–Crippen MR) is 86.9 cm³/mol. The van der Waals surface area contributed by atoms with Gasteiger partial charge in [-0.2, -0.15) is 18.4 Å². The molecule has 128 valence electrons. The summed E-state index contributed by atoms with van der Waals surface area (Å²) in [4.78, 5) is 0. The van der Waals surface area contributed by atoms with Gasteiger partial charge in [0.25, 0.3) is 0 Å². The van der Waals surface area contributed by atoms with Crippen LogP contribution < -0.4 is 0 Å². The topological polar surface area (TPSA) is 23.8 Å². The van der Waals surface area contributed by atoms with E-state index in [4.69, 9.17) is 5.26 Å². The Morgan fingerprint density at radius 3 is 2.39 bits per heavy atom. The lowest BCUT2D eigenvalue weighted by molar-refractivity contribution is -0.137. The molecule has 0 amide bonds. The summed E-state index contributed by atoms with van der Waals surface area (Å²) in [7, 11) is 0. The van der Waals surface area contributed by atoms with Gasteiger partial charge in [0.1, 0.15) is 0 Å². The van der Waals surface area contributed by atoms with Gasteiger partial charge in [-0.1, -0.05) is 64.0 Å². The van der Waals surface area contributed by atoms with Crippen LogP contribution in [-0.2, 0) is 6.18 Å². The summed E-state index contributed by atoms with van der Waals surface area (Å²) in [5.41, 5.74) is -0.709. The van der Waals surface area contributed by atoms with Crippen LogP contribution in [0, 0.1) is 30.1 Å². The Morgan fingerprint density at radius 2 is 1.87 bits per heavy atom. The Labute approximate surface area is 137 Å². The summed E-state index contributed by atoms with van der Waals surface area (Å²) in [6, 6.07) is 5.14. The SMILES string of the molecule is CCCC1CCCC[C@H]1C.Cc1ccc(C#N)c(C(F)(F)F)c1.